The lowest BCUT2D eigenvalue weighted by atomic mass is 10.2. The maximum Gasteiger partial charge on any atom is 0.219 e. The number of hydrogen-bond acceptors (Lipinski definition) is 3. The Morgan fingerprint density at radius 1 is 1.70 bits per heavy atom. The van der Waals surface area contributed by atoms with Gasteiger partial charge in [-0.05, 0) is 12.1 Å². The molecule has 0 saturated heterocycles. The fraction of sp³-hybridized carbons (Fsp3) is 0.286. The van der Waals surface area contributed by atoms with E-state index in [1.54, 1.807) is 12.3 Å². The highest BCUT2D eigenvalue weighted by Gasteiger charge is 2.21. The molecule has 0 aliphatic carbocycles. The van der Waals surface area contributed by atoms with Crippen LogP contribution in [0.15, 0.2) is 18.3 Å². The molecule has 2 rings (SSSR count). The molecule has 52 valence electrons. The quantitative estimate of drug-likeness (QED) is 0.566. The van der Waals surface area contributed by atoms with Crippen LogP contribution in [-0.2, 0) is 0 Å². The summed E-state index contributed by atoms with van der Waals surface area (Å²) in [5.74, 6) is 0.565. The summed E-state index contributed by atoms with van der Waals surface area (Å²) in [6.45, 7) is 0.340. The van der Waals surface area contributed by atoms with Crippen LogP contribution in [-0.4, -0.2) is 16.7 Å². The minimum absolute atomic E-state index is 0.340. The van der Waals surface area contributed by atoms with Gasteiger partial charge in [0.15, 0.2) is 0 Å². The van der Waals surface area contributed by atoms with Crippen LogP contribution >= 0.6 is 0 Å². The Morgan fingerprint density at radius 3 is 3.40 bits per heavy atom. The van der Waals surface area contributed by atoms with Crippen LogP contribution in [0, 0.1) is 0 Å². The van der Waals surface area contributed by atoms with Crippen LogP contribution < -0.4 is 4.74 Å². The normalized spacial score (nSPS) is 21.9. The predicted molar refractivity (Wildman–Crippen MR) is 34.7 cm³/mol. The minimum atomic E-state index is -0.483. The monoisotopic (exact) mass is 137 g/mol. The van der Waals surface area contributed by atoms with Gasteiger partial charge in [-0.2, -0.15) is 0 Å². The van der Waals surface area contributed by atoms with Gasteiger partial charge in [-0.3, -0.25) is 0 Å². The van der Waals surface area contributed by atoms with Crippen molar-refractivity contribution in [1.82, 2.24) is 4.98 Å². The van der Waals surface area contributed by atoms with Gasteiger partial charge in [0.2, 0.25) is 5.88 Å². The Balaban J connectivity index is 2.51. The first-order valence-electron chi connectivity index (χ1n) is 3.14. The highest BCUT2D eigenvalue weighted by molar-refractivity contribution is 5.30. The van der Waals surface area contributed by atoms with E-state index in [1.807, 2.05) is 6.07 Å². The topological polar surface area (TPSA) is 42.4 Å². The van der Waals surface area contributed by atoms with Crippen molar-refractivity contribution in [2.24, 2.45) is 0 Å². The minimum Gasteiger partial charge on any atom is -0.474 e. The second-order valence-corrected chi connectivity index (χ2v) is 2.22. The molecule has 0 amide bonds. The van der Waals surface area contributed by atoms with E-state index in [-0.39, 0.29) is 0 Å². The van der Waals surface area contributed by atoms with Gasteiger partial charge in [0.1, 0.15) is 12.7 Å². The van der Waals surface area contributed by atoms with Crippen molar-refractivity contribution < 1.29 is 9.84 Å². The molecular formula is C7H7NO2. The molecule has 3 nitrogen and oxygen atoms in total. The maximum atomic E-state index is 9.22. The molecule has 0 fully saturated rings. The van der Waals surface area contributed by atoms with Gasteiger partial charge >= 0.3 is 0 Å². The molecule has 0 bridgehead atoms. The fourth-order valence-electron chi connectivity index (χ4n) is 1.03. The summed E-state index contributed by atoms with van der Waals surface area (Å²) in [5, 5.41) is 9.22. The second-order valence-electron chi connectivity index (χ2n) is 2.22. The molecule has 2 heterocycles. The van der Waals surface area contributed by atoms with E-state index in [4.69, 9.17) is 4.74 Å². The van der Waals surface area contributed by atoms with Crippen LogP contribution in [0.5, 0.6) is 5.88 Å². The van der Waals surface area contributed by atoms with Gasteiger partial charge in [-0.15, -0.1) is 0 Å². The van der Waals surface area contributed by atoms with Crippen molar-refractivity contribution in [2.75, 3.05) is 6.61 Å². The smallest absolute Gasteiger partial charge is 0.219 e. The predicted octanol–water partition coefficient (Wildman–Crippen LogP) is 0.507. The third-order valence-electron chi connectivity index (χ3n) is 1.54. The van der Waals surface area contributed by atoms with E-state index in [2.05, 4.69) is 4.98 Å². The molecule has 3 heteroatoms. The number of fused-ring (bicyclic) bond motifs is 1. The molecular weight excluding hydrogens is 130 g/mol. The molecule has 1 N–H and O–H groups in total. The lowest BCUT2D eigenvalue weighted by Gasteiger charge is -1.95. The molecule has 0 aromatic carbocycles. The average molecular weight is 137 g/mol. The van der Waals surface area contributed by atoms with Crippen molar-refractivity contribution >= 4 is 0 Å². The van der Waals surface area contributed by atoms with Crippen molar-refractivity contribution in [1.29, 1.82) is 0 Å². The van der Waals surface area contributed by atoms with Crippen molar-refractivity contribution in [3.63, 3.8) is 0 Å². The van der Waals surface area contributed by atoms with Gasteiger partial charge in [-0.1, -0.05) is 0 Å². The van der Waals surface area contributed by atoms with Gasteiger partial charge in [-0.25, -0.2) is 4.98 Å². The summed E-state index contributed by atoms with van der Waals surface area (Å²) >= 11 is 0. The molecule has 0 saturated carbocycles. The number of nitrogens with zero attached hydrogens (tertiary/aromatic N) is 1. The zero-order chi connectivity index (χ0) is 6.97. The van der Waals surface area contributed by atoms with Crippen LogP contribution in [0.2, 0.25) is 0 Å². The Morgan fingerprint density at radius 2 is 2.60 bits per heavy atom. The molecule has 0 unspecified atom stereocenters. The average Bonchev–Trinajstić information content (AvgIpc) is 2.34. The first kappa shape index (κ1) is 5.68. The van der Waals surface area contributed by atoms with Crippen LogP contribution in [0.1, 0.15) is 11.7 Å². The summed E-state index contributed by atoms with van der Waals surface area (Å²) in [6.07, 6.45) is 1.17. The highest BCUT2D eigenvalue weighted by Crippen LogP contribution is 2.28. The number of aliphatic hydroxyl groups is 1. The first-order valence-corrected chi connectivity index (χ1v) is 3.14. The van der Waals surface area contributed by atoms with E-state index in [0.29, 0.717) is 12.5 Å². The number of ether oxygens (including phenoxy) is 1. The number of pyridine rings is 1. The molecule has 0 radical (unpaired) electrons. The van der Waals surface area contributed by atoms with Crippen LogP contribution in [0.3, 0.4) is 0 Å². The lowest BCUT2D eigenvalue weighted by molar-refractivity contribution is 0.139. The van der Waals surface area contributed by atoms with E-state index in [1.165, 1.54) is 0 Å². The molecule has 1 aliphatic heterocycles. The van der Waals surface area contributed by atoms with Crippen LogP contribution in [0.25, 0.3) is 0 Å². The summed E-state index contributed by atoms with van der Waals surface area (Å²) in [7, 11) is 0. The second kappa shape index (κ2) is 1.95. The fourth-order valence-corrected chi connectivity index (χ4v) is 1.03. The third-order valence-corrected chi connectivity index (χ3v) is 1.54. The van der Waals surface area contributed by atoms with Gasteiger partial charge in [0.05, 0.1) is 0 Å². The van der Waals surface area contributed by atoms with Gasteiger partial charge in [0, 0.05) is 11.8 Å². The van der Waals surface area contributed by atoms with Crippen molar-refractivity contribution in [3.05, 3.63) is 23.9 Å². The number of hydrogen-bond donors (Lipinski definition) is 1. The molecule has 10 heavy (non-hydrogen) atoms. The Kier molecular flexibility index (Phi) is 1.11. The number of aliphatic hydroxyl groups excluding tert-OH is 1. The Hall–Kier alpha value is -1.09. The molecule has 1 aromatic heterocycles. The standard InChI is InChI=1S/C7H7NO2/c9-6-4-10-7-5(6)2-1-3-8-7/h1-3,6,9H,4H2/t6-/m0/s1. The maximum absolute atomic E-state index is 9.22. The number of aromatic nitrogens is 1. The zero-order valence-corrected chi connectivity index (χ0v) is 5.32. The van der Waals surface area contributed by atoms with Crippen molar-refractivity contribution in [3.8, 4) is 5.88 Å². The molecule has 1 aliphatic rings. The molecule has 1 atom stereocenters. The summed E-state index contributed by atoms with van der Waals surface area (Å²) < 4.78 is 5.05. The van der Waals surface area contributed by atoms with Gasteiger partial charge in [0.25, 0.3) is 0 Å². The first-order chi connectivity index (χ1) is 4.88. The highest BCUT2D eigenvalue weighted by atomic mass is 16.5. The largest absolute Gasteiger partial charge is 0.474 e. The lowest BCUT2D eigenvalue weighted by Crippen LogP contribution is -1.97. The van der Waals surface area contributed by atoms with Crippen molar-refractivity contribution in [2.45, 2.75) is 6.10 Å². The molecule has 1 aromatic rings. The SMILES string of the molecule is O[C@H]1COc2ncccc21. The van der Waals surface area contributed by atoms with E-state index in [9.17, 15) is 5.11 Å². The Labute approximate surface area is 58.3 Å². The summed E-state index contributed by atoms with van der Waals surface area (Å²) in [4.78, 5) is 3.93. The molecule has 0 spiro atoms. The van der Waals surface area contributed by atoms with Crippen LogP contribution in [0.4, 0.5) is 0 Å². The van der Waals surface area contributed by atoms with Gasteiger partial charge < -0.3 is 9.84 Å². The third kappa shape index (κ3) is 0.675. The summed E-state index contributed by atoms with van der Waals surface area (Å²) in [6, 6.07) is 3.61. The van der Waals surface area contributed by atoms with E-state index < -0.39 is 6.10 Å². The van der Waals surface area contributed by atoms with E-state index >= 15 is 0 Å². The zero-order valence-electron chi connectivity index (χ0n) is 5.32. The summed E-state index contributed by atoms with van der Waals surface area (Å²) in [5.41, 5.74) is 0.794. The van der Waals surface area contributed by atoms with E-state index in [0.717, 1.165) is 5.56 Å². The number of rotatable bonds is 0. The Bertz CT molecular complexity index is 249.